The molecule has 3 heterocycles. The molecule has 0 radical (unpaired) electrons. The predicted molar refractivity (Wildman–Crippen MR) is 123 cm³/mol. The summed E-state index contributed by atoms with van der Waals surface area (Å²) in [5, 5.41) is 6.73. The van der Waals surface area contributed by atoms with Crippen molar-refractivity contribution in [1.82, 2.24) is 10.1 Å². The van der Waals surface area contributed by atoms with Gasteiger partial charge in [-0.15, -0.1) is 0 Å². The van der Waals surface area contributed by atoms with E-state index in [-0.39, 0.29) is 24.2 Å². The second kappa shape index (κ2) is 7.88. The number of nitrogens with one attached hydrogen (secondary N) is 1. The molecule has 2 aliphatic rings. The number of para-hydroxylation sites is 1. The van der Waals surface area contributed by atoms with Crippen molar-refractivity contribution in [3.8, 4) is 11.3 Å². The highest BCUT2D eigenvalue weighted by Crippen LogP contribution is 2.43. The number of nitrogens with zero attached hydrogens (tertiary/aromatic N) is 3. The maximum Gasteiger partial charge on any atom is 0.258 e. The number of fused-ring (bicyclic) bond motifs is 3. The van der Waals surface area contributed by atoms with Crippen molar-refractivity contribution in [2.24, 2.45) is 0 Å². The van der Waals surface area contributed by atoms with Crippen LogP contribution in [-0.2, 0) is 16.0 Å². The Kier molecular flexibility index (Phi) is 5.00. The van der Waals surface area contributed by atoms with Crippen molar-refractivity contribution in [3.63, 3.8) is 0 Å². The fourth-order valence-corrected chi connectivity index (χ4v) is 4.64. The number of aromatic nitrogens is 1. The van der Waals surface area contributed by atoms with E-state index in [4.69, 9.17) is 4.52 Å². The van der Waals surface area contributed by atoms with Crippen LogP contribution in [0.25, 0.3) is 11.3 Å². The van der Waals surface area contributed by atoms with Gasteiger partial charge in [0.2, 0.25) is 17.7 Å². The van der Waals surface area contributed by atoms with Crippen LogP contribution in [0.15, 0.2) is 59.1 Å². The average Bonchev–Trinajstić information content (AvgIpc) is 3.41. The summed E-state index contributed by atoms with van der Waals surface area (Å²) in [6.07, 6.45) is 1.72. The summed E-state index contributed by atoms with van der Waals surface area (Å²) in [5.74, 6) is -0.559. The predicted octanol–water partition coefficient (Wildman–Crippen LogP) is 3.84. The van der Waals surface area contributed by atoms with E-state index < -0.39 is 11.6 Å². The van der Waals surface area contributed by atoms with Crippen LogP contribution in [0.1, 0.15) is 42.6 Å². The summed E-state index contributed by atoms with van der Waals surface area (Å²) in [4.78, 5) is 41.9. The fraction of sp³-hybridized carbons (Fsp3) is 0.280. The number of aryl methyl sites for hydroxylation is 1. The molecule has 1 saturated heterocycles. The lowest BCUT2D eigenvalue weighted by molar-refractivity contribution is -0.120. The third-order valence-corrected chi connectivity index (χ3v) is 6.48. The zero-order valence-corrected chi connectivity index (χ0v) is 18.5. The topological polar surface area (TPSA) is 95.8 Å². The van der Waals surface area contributed by atoms with Crippen LogP contribution in [0, 0.1) is 0 Å². The minimum atomic E-state index is -0.895. The van der Waals surface area contributed by atoms with E-state index >= 15 is 0 Å². The Morgan fingerprint density at radius 3 is 2.67 bits per heavy atom. The van der Waals surface area contributed by atoms with Gasteiger partial charge in [0.1, 0.15) is 17.9 Å². The van der Waals surface area contributed by atoms with Gasteiger partial charge in [-0.2, -0.15) is 0 Å². The summed E-state index contributed by atoms with van der Waals surface area (Å²) in [6.45, 7) is 3.70. The van der Waals surface area contributed by atoms with Crippen molar-refractivity contribution in [2.75, 3.05) is 16.8 Å². The van der Waals surface area contributed by atoms with E-state index in [1.807, 2.05) is 31.2 Å². The van der Waals surface area contributed by atoms with E-state index in [0.717, 1.165) is 12.0 Å². The molecular weight excluding hydrogens is 420 g/mol. The average molecular weight is 444 g/mol. The normalized spacial score (nSPS) is 19.5. The van der Waals surface area contributed by atoms with Crippen molar-refractivity contribution in [2.45, 2.75) is 38.8 Å². The lowest BCUT2D eigenvalue weighted by Gasteiger charge is -2.48. The molecule has 3 aromatic rings. The van der Waals surface area contributed by atoms with Gasteiger partial charge in [0.25, 0.3) is 5.91 Å². The van der Waals surface area contributed by atoms with Crippen molar-refractivity contribution in [3.05, 3.63) is 65.7 Å². The zero-order chi connectivity index (χ0) is 23.2. The number of carbonyl (C=O) groups excluding carboxylic acids is 3. The molecule has 1 atom stereocenters. The molecule has 1 fully saturated rings. The number of hydrogen-bond donors (Lipinski definition) is 1. The van der Waals surface area contributed by atoms with Crippen molar-refractivity contribution < 1.29 is 18.9 Å². The molecule has 168 valence electrons. The molecule has 0 saturated carbocycles. The second-order valence-corrected chi connectivity index (χ2v) is 8.53. The Morgan fingerprint density at radius 1 is 1.15 bits per heavy atom. The minimum Gasteiger partial charge on any atom is -0.338 e. The van der Waals surface area contributed by atoms with E-state index in [0.29, 0.717) is 29.8 Å². The molecule has 8 nitrogen and oxygen atoms in total. The van der Waals surface area contributed by atoms with Gasteiger partial charge in [-0.25, -0.2) is 0 Å². The number of hydrogen-bond acceptors (Lipinski definition) is 5. The first-order chi connectivity index (χ1) is 15.9. The molecule has 0 bridgehead atoms. The number of benzene rings is 2. The SMILES string of the molecule is CCc1ccc(-c2cc(NC(=O)CN3C(=O)c4ccccc4N4C(=O)CCC34C)on2)cc1. The molecular formula is C25H24N4O4. The lowest BCUT2D eigenvalue weighted by Crippen LogP contribution is -2.63. The number of anilines is 2. The van der Waals surface area contributed by atoms with Crippen LogP contribution in [-0.4, -0.2) is 40.0 Å². The Labute approximate surface area is 191 Å². The molecule has 1 aromatic heterocycles. The van der Waals surface area contributed by atoms with Crippen LogP contribution in [0.3, 0.4) is 0 Å². The van der Waals surface area contributed by atoms with Gasteiger partial charge in [0.05, 0.1) is 11.3 Å². The van der Waals surface area contributed by atoms with Gasteiger partial charge < -0.3 is 9.42 Å². The molecule has 0 aliphatic carbocycles. The van der Waals surface area contributed by atoms with E-state index in [2.05, 4.69) is 17.4 Å². The van der Waals surface area contributed by atoms with Gasteiger partial charge in [-0.05, 0) is 37.5 Å². The van der Waals surface area contributed by atoms with Crippen LogP contribution >= 0.6 is 0 Å². The Bertz CT molecular complexity index is 1250. The first kappa shape index (κ1) is 20.9. The van der Waals surface area contributed by atoms with Gasteiger partial charge in [-0.1, -0.05) is 48.5 Å². The Balaban J connectivity index is 1.35. The van der Waals surface area contributed by atoms with Crippen LogP contribution in [0.5, 0.6) is 0 Å². The van der Waals surface area contributed by atoms with Crippen LogP contribution in [0.4, 0.5) is 11.6 Å². The molecule has 33 heavy (non-hydrogen) atoms. The van der Waals surface area contributed by atoms with Gasteiger partial charge >= 0.3 is 0 Å². The summed E-state index contributed by atoms with van der Waals surface area (Å²) in [7, 11) is 0. The monoisotopic (exact) mass is 444 g/mol. The third kappa shape index (κ3) is 3.47. The highest BCUT2D eigenvalue weighted by atomic mass is 16.5. The molecule has 0 spiro atoms. The Morgan fingerprint density at radius 2 is 1.91 bits per heavy atom. The first-order valence-electron chi connectivity index (χ1n) is 11.0. The Hall–Kier alpha value is -3.94. The molecule has 1 N–H and O–H groups in total. The zero-order valence-electron chi connectivity index (χ0n) is 18.5. The maximum absolute atomic E-state index is 13.3. The first-order valence-corrected chi connectivity index (χ1v) is 11.0. The highest BCUT2D eigenvalue weighted by molar-refractivity contribution is 6.11. The molecule has 1 unspecified atom stereocenters. The largest absolute Gasteiger partial charge is 0.338 e. The van der Waals surface area contributed by atoms with Crippen LogP contribution < -0.4 is 10.2 Å². The smallest absolute Gasteiger partial charge is 0.258 e. The highest BCUT2D eigenvalue weighted by Gasteiger charge is 2.53. The minimum absolute atomic E-state index is 0.0585. The maximum atomic E-state index is 13.3. The number of carbonyl (C=O) groups is 3. The molecule has 8 heteroatoms. The lowest BCUT2D eigenvalue weighted by atomic mass is 9.98. The third-order valence-electron chi connectivity index (χ3n) is 6.48. The molecule has 2 aromatic carbocycles. The second-order valence-electron chi connectivity index (χ2n) is 8.53. The summed E-state index contributed by atoms with van der Waals surface area (Å²) >= 11 is 0. The van der Waals surface area contributed by atoms with E-state index in [1.54, 1.807) is 35.2 Å². The number of amides is 3. The summed E-state index contributed by atoms with van der Waals surface area (Å²) in [6, 6.07) is 16.6. The van der Waals surface area contributed by atoms with Gasteiger partial charge in [0.15, 0.2) is 0 Å². The van der Waals surface area contributed by atoms with E-state index in [9.17, 15) is 14.4 Å². The fourth-order valence-electron chi connectivity index (χ4n) is 4.64. The van der Waals surface area contributed by atoms with E-state index in [1.165, 1.54) is 10.5 Å². The summed E-state index contributed by atoms with van der Waals surface area (Å²) in [5.41, 5.74) is 2.82. The quantitative estimate of drug-likeness (QED) is 0.645. The van der Waals surface area contributed by atoms with Crippen molar-refractivity contribution in [1.29, 1.82) is 0 Å². The van der Waals surface area contributed by atoms with Gasteiger partial charge in [-0.3, -0.25) is 24.6 Å². The molecule has 5 rings (SSSR count). The standard InChI is InChI=1S/C25H24N4O4/c1-3-16-8-10-17(11-9-16)19-14-22(33-27-19)26-21(30)15-28-24(32)18-6-4-5-7-20(18)29-23(31)12-13-25(28,29)2/h4-11,14H,3,12-13,15H2,1-2H3,(H,26,30). The molecule has 2 aliphatic heterocycles. The summed E-state index contributed by atoms with van der Waals surface area (Å²) < 4.78 is 5.30. The molecule has 3 amide bonds. The number of rotatable bonds is 5. The van der Waals surface area contributed by atoms with Crippen molar-refractivity contribution >= 4 is 29.3 Å². The van der Waals surface area contributed by atoms with Gasteiger partial charge in [0, 0.05) is 18.1 Å². The van der Waals surface area contributed by atoms with Crippen LogP contribution in [0.2, 0.25) is 0 Å².